The van der Waals surface area contributed by atoms with Crippen molar-refractivity contribution < 1.29 is 23.9 Å². The van der Waals surface area contributed by atoms with Crippen LogP contribution < -0.4 is 16.0 Å². The van der Waals surface area contributed by atoms with E-state index in [-0.39, 0.29) is 35.1 Å². The van der Waals surface area contributed by atoms with Crippen molar-refractivity contribution in [2.45, 2.75) is 45.3 Å². The maximum Gasteiger partial charge on any atom is 0.303 e. The predicted octanol–water partition coefficient (Wildman–Crippen LogP) is 3.22. The lowest BCUT2D eigenvalue weighted by molar-refractivity contribution is -0.167. The molecule has 2 amide bonds. The quantitative estimate of drug-likeness (QED) is 0.316. The van der Waals surface area contributed by atoms with Crippen LogP contribution in [0.4, 0.5) is 11.4 Å². The van der Waals surface area contributed by atoms with Crippen molar-refractivity contribution in [2.24, 2.45) is 5.73 Å². The van der Waals surface area contributed by atoms with Crippen LogP contribution in [0.1, 0.15) is 38.8 Å². The zero-order valence-corrected chi connectivity index (χ0v) is 20.8. The van der Waals surface area contributed by atoms with Gasteiger partial charge in [-0.25, -0.2) is 0 Å². The Morgan fingerprint density at radius 2 is 1.89 bits per heavy atom. The van der Waals surface area contributed by atoms with Gasteiger partial charge in [-0.3, -0.25) is 19.8 Å². The molecule has 2 aromatic carbocycles. The van der Waals surface area contributed by atoms with Crippen LogP contribution in [0.3, 0.4) is 0 Å². The second kappa shape index (κ2) is 10.5. The summed E-state index contributed by atoms with van der Waals surface area (Å²) in [7, 11) is 0. The maximum absolute atomic E-state index is 13.3. The average Bonchev–Trinajstić information content (AvgIpc) is 2.78. The fourth-order valence-corrected chi connectivity index (χ4v) is 3.87. The summed E-state index contributed by atoms with van der Waals surface area (Å²) in [5.74, 6) is -2.20. The van der Waals surface area contributed by atoms with E-state index in [1.54, 1.807) is 0 Å². The Bertz CT molecular complexity index is 1140. The number of carbonyl (C=O) groups is 3. The van der Waals surface area contributed by atoms with Gasteiger partial charge in [-0.15, -0.1) is 0 Å². The number of nitrogens with zero attached hydrogens (tertiary/aromatic N) is 1. The summed E-state index contributed by atoms with van der Waals surface area (Å²) in [6.45, 7) is 7.87. The van der Waals surface area contributed by atoms with Gasteiger partial charge in [-0.05, 0) is 41.3 Å². The van der Waals surface area contributed by atoms with Crippen molar-refractivity contribution in [3.05, 3.63) is 58.6 Å². The van der Waals surface area contributed by atoms with E-state index in [0.29, 0.717) is 11.3 Å². The molecule has 0 aromatic heterocycles. The topological polar surface area (TPSA) is 135 Å². The van der Waals surface area contributed by atoms with E-state index in [9.17, 15) is 14.4 Å². The molecule has 0 aliphatic carbocycles. The number of carbonyl (C=O) groups excluding carboxylic acids is 3. The molecular formula is C25H29ClN4O5. The Morgan fingerprint density at radius 3 is 2.43 bits per heavy atom. The molecule has 1 heterocycles. The molecule has 1 aliphatic rings. The largest absolute Gasteiger partial charge is 0.449 e. The van der Waals surface area contributed by atoms with Gasteiger partial charge < -0.3 is 25.4 Å². The number of esters is 1. The van der Waals surface area contributed by atoms with E-state index in [2.05, 4.69) is 26.1 Å². The van der Waals surface area contributed by atoms with Crippen molar-refractivity contribution >= 4 is 46.6 Å². The van der Waals surface area contributed by atoms with E-state index in [4.69, 9.17) is 32.2 Å². The number of nitrogen functional groups attached to an aromatic ring is 1. The number of ether oxygens (including phenoxy) is 2. The van der Waals surface area contributed by atoms with Crippen LogP contribution in [0.15, 0.2) is 42.5 Å². The molecule has 2 atom stereocenters. The van der Waals surface area contributed by atoms with Crippen LogP contribution in [0.5, 0.6) is 0 Å². The van der Waals surface area contributed by atoms with Gasteiger partial charge in [0.2, 0.25) is 6.10 Å². The molecule has 9 nitrogen and oxygen atoms in total. The third-order valence-electron chi connectivity index (χ3n) is 5.53. The molecular weight excluding hydrogens is 472 g/mol. The number of benzene rings is 2. The fraction of sp³-hybridized carbons (Fsp3) is 0.360. The summed E-state index contributed by atoms with van der Waals surface area (Å²) in [5.41, 5.74) is 7.77. The molecule has 35 heavy (non-hydrogen) atoms. The normalized spacial score (nSPS) is 17.0. The molecule has 1 aliphatic heterocycles. The Hall–Kier alpha value is -3.43. The summed E-state index contributed by atoms with van der Waals surface area (Å²) in [4.78, 5) is 39.7. The van der Waals surface area contributed by atoms with Gasteiger partial charge >= 0.3 is 5.97 Å². The van der Waals surface area contributed by atoms with Crippen LogP contribution in [0.2, 0.25) is 5.02 Å². The summed E-state index contributed by atoms with van der Waals surface area (Å²) >= 11 is 6.21. The number of anilines is 2. The lowest BCUT2D eigenvalue weighted by atomic mass is 9.87. The lowest BCUT2D eigenvalue weighted by Crippen LogP contribution is -2.56. The minimum absolute atomic E-state index is 0.0432. The van der Waals surface area contributed by atoms with Crippen molar-refractivity contribution in [2.75, 3.05) is 23.4 Å². The summed E-state index contributed by atoms with van der Waals surface area (Å²) < 4.78 is 10.8. The number of hydrogen-bond acceptors (Lipinski definition) is 6. The van der Waals surface area contributed by atoms with Gasteiger partial charge in [0, 0.05) is 24.7 Å². The number of amides is 2. The Kier molecular flexibility index (Phi) is 7.82. The SMILES string of the molecule is CC(=O)O[C@@H](C(=O)Nc1ccc(C(=N)N)cc1Cl)[C@H]1OCCN(c2ccc(C(C)(C)C)cc2)C1=O. The van der Waals surface area contributed by atoms with Crippen molar-refractivity contribution in [1.29, 1.82) is 5.41 Å². The summed E-state index contributed by atoms with van der Waals surface area (Å²) in [5, 5.41) is 10.2. The number of amidine groups is 1. The minimum atomic E-state index is -1.54. The highest BCUT2D eigenvalue weighted by atomic mass is 35.5. The van der Waals surface area contributed by atoms with Crippen LogP contribution in [-0.4, -0.2) is 49.0 Å². The predicted molar refractivity (Wildman–Crippen MR) is 134 cm³/mol. The molecule has 186 valence electrons. The highest BCUT2D eigenvalue weighted by molar-refractivity contribution is 6.34. The molecule has 4 N–H and O–H groups in total. The molecule has 1 fully saturated rings. The third-order valence-corrected chi connectivity index (χ3v) is 5.84. The first-order valence-corrected chi connectivity index (χ1v) is 11.4. The minimum Gasteiger partial charge on any atom is -0.449 e. The van der Waals surface area contributed by atoms with E-state index in [1.807, 2.05) is 24.3 Å². The summed E-state index contributed by atoms with van der Waals surface area (Å²) in [6.07, 6.45) is -2.88. The molecule has 0 spiro atoms. The smallest absolute Gasteiger partial charge is 0.303 e. The summed E-state index contributed by atoms with van der Waals surface area (Å²) in [6, 6.07) is 12.0. The second-order valence-corrected chi connectivity index (χ2v) is 9.61. The molecule has 2 aromatic rings. The molecule has 0 unspecified atom stereocenters. The monoisotopic (exact) mass is 500 g/mol. The van der Waals surface area contributed by atoms with Crippen LogP contribution >= 0.6 is 11.6 Å². The van der Waals surface area contributed by atoms with Crippen LogP contribution in [0.25, 0.3) is 0 Å². The van der Waals surface area contributed by atoms with Gasteiger partial charge in [0.05, 0.1) is 17.3 Å². The van der Waals surface area contributed by atoms with Crippen molar-refractivity contribution in [3.63, 3.8) is 0 Å². The Morgan fingerprint density at radius 1 is 1.23 bits per heavy atom. The van der Waals surface area contributed by atoms with Gasteiger partial charge in [-0.2, -0.15) is 0 Å². The second-order valence-electron chi connectivity index (χ2n) is 9.21. The number of rotatable bonds is 6. The van der Waals surface area contributed by atoms with Crippen molar-refractivity contribution in [3.8, 4) is 0 Å². The first-order chi connectivity index (χ1) is 16.4. The van der Waals surface area contributed by atoms with Gasteiger partial charge in [-0.1, -0.05) is 44.5 Å². The van der Waals surface area contributed by atoms with E-state index >= 15 is 0 Å². The van der Waals surface area contributed by atoms with Gasteiger partial charge in [0.25, 0.3) is 11.8 Å². The number of nitrogens with one attached hydrogen (secondary N) is 2. The first-order valence-electron chi connectivity index (χ1n) is 11.0. The third kappa shape index (κ3) is 6.17. The Labute approximate surface area is 209 Å². The maximum atomic E-state index is 13.3. The van der Waals surface area contributed by atoms with Gasteiger partial charge in [0.15, 0.2) is 6.10 Å². The highest BCUT2D eigenvalue weighted by Gasteiger charge is 2.42. The number of halogens is 1. The standard InChI is InChI=1S/C25H29ClN4O5/c1-14(31)35-20(23(32)29-19-10-5-15(22(27)28)13-18(19)26)21-24(33)30(11-12-34-21)17-8-6-16(7-9-17)25(2,3)4/h5-10,13,20-21H,11-12H2,1-4H3,(H3,27,28)(H,29,32)/t20-,21-/m1/s1. The fourth-order valence-electron chi connectivity index (χ4n) is 3.64. The average molecular weight is 501 g/mol. The Balaban J connectivity index is 1.84. The molecule has 1 saturated heterocycles. The van der Waals surface area contributed by atoms with Crippen LogP contribution in [0, 0.1) is 5.41 Å². The number of nitrogens with two attached hydrogens (primary N) is 1. The number of morpholine rings is 1. The van der Waals surface area contributed by atoms with E-state index in [0.717, 1.165) is 12.5 Å². The van der Waals surface area contributed by atoms with E-state index < -0.39 is 30.0 Å². The highest BCUT2D eigenvalue weighted by Crippen LogP contribution is 2.28. The molecule has 0 bridgehead atoms. The zero-order chi connectivity index (χ0) is 25.9. The molecule has 0 saturated carbocycles. The first kappa shape index (κ1) is 26.2. The lowest BCUT2D eigenvalue weighted by Gasteiger charge is -2.35. The molecule has 0 radical (unpaired) electrons. The number of hydrogen-bond donors (Lipinski definition) is 3. The molecule has 10 heteroatoms. The zero-order valence-electron chi connectivity index (χ0n) is 20.1. The van der Waals surface area contributed by atoms with Gasteiger partial charge in [0.1, 0.15) is 5.84 Å². The van der Waals surface area contributed by atoms with E-state index in [1.165, 1.54) is 23.1 Å². The van der Waals surface area contributed by atoms with Crippen LogP contribution in [-0.2, 0) is 29.3 Å². The molecule has 3 rings (SSSR count). The van der Waals surface area contributed by atoms with Crippen molar-refractivity contribution in [1.82, 2.24) is 0 Å².